The molecular weight excluding hydrogens is 601 g/mol. The third kappa shape index (κ3) is 6.30. The first-order valence-electron chi connectivity index (χ1n) is 14.9. The summed E-state index contributed by atoms with van der Waals surface area (Å²) in [7, 11) is 1.53. The van der Waals surface area contributed by atoms with Gasteiger partial charge in [-0.25, -0.2) is 4.98 Å². The van der Waals surface area contributed by atoms with Crippen LogP contribution in [-0.2, 0) is 19.1 Å². The standard InChI is InChI=1S/C29H41Cl2N5O5S/c1-16(41-12-17-8-6-5-7-9-17)20(24(38)32-4)33-23(37)19-11-35(26(40)21-22(30)34-27(31)42-21)13-29(19)14-36(15-29)25(39)18-10-28(18,2)3/h16-20H,5-15H2,1-4H3,(H,32,38)(H,33,37)/t16-,18-,19+,20+/m1/s1. The molecule has 0 radical (unpaired) electrons. The van der Waals surface area contributed by atoms with Crippen LogP contribution in [0.1, 0.15) is 69.0 Å². The molecule has 4 aliphatic rings. The van der Waals surface area contributed by atoms with Gasteiger partial charge in [-0.2, -0.15) is 0 Å². The average Bonchev–Trinajstić information content (AvgIpc) is 3.24. The molecule has 13 heteroatoms. The van der Waals surface area contributed by atoms with E-state index in [0.717, 1.165) is 30.6 Å². The zero-order valence-corrected chi connectivity index (χ0v) is 27.0. The van der Waals surface area contributed by atoms with Crippen molar-refractivity contribution in [2.45, 2.75) is 71.4 Å². The zero-order valence-electron chi connectivity index (χ0n) is 24.7. The monoisotopic (exact) mass is 641 g/mol. The van der Waals surface area contributed by atoms with Gasteiger partial charge in [-0.1, -0.05) is 67.6 Å². The summed E-state index contributed by atoms with van der Waals surface area (Å²) in [5.74, 6) is -1.11. The quantitative estimate of drug-likeness (QED) is 0.425. The van der Waals surface area contributed by atoms with Crippen molar-refractivity contribution < 1.29 is 23.9 Å². The largest absolute Gasteiger partial charge is 0.376 e. The Bertz CT molecular complexity index is 1230. The molecule has 5 rings (SSSR count). The molecule has 2 saturated heterocycles. The number of thiazole rings is 1. The Hall–Kier alpha value is -1.95. The molecule has 2 aliphatic heterocycles. The van der Waals surface area contributed by atoms with Gasteiger partial charge in [0.05, 0.1) is 12.0 Å². The van der Waals surface area contributed by atoms with E-state index >= 15 is 0 Å². The molecule has 4 fully saturated rings. The van der Waals surface area contributed by atoms with Crippen molar-refractivity contribution in [3.8, 4) is 0 Å². The van der Waals surface area contributed by atoms with Crippen LogP contribution in [0.4, 0.5) is 0 Å². The Morgan fingerprint density at radius 2 is 1.71 bits per heavy atom. The van der Waals surface area contributed by atoms with Crippen molar-refractivity contribution in [1.82, 2.24) is 25.4 Å². The predicted octanol–water partition coefficient (Wildman–Crippen LogP) is 3.61. The zero-order chi connectivity index (χ0) is 30.4. The molecule has 232 valence electrons. The van der Waals surface area contributed by atoms with E-state index in [1.54, 1.807) is 16.7 Å². The van der Waals surface area contributed by atoms with E-state index in [9.17, 15) is 19.2 Å². The number of hydrogen-bond donors (Lipinski definition) is 2. The molecule has 3 heterocycles. The molecule has 0 bridgehead atoms. The number of carbonyl (C=O) groups excluding carboxylic acids is 4. The van der Waals surface area contributed by atoms with Gasteiger partial charge in [0.2, 0.25) is 17.7 Å². The van der Waals surface area contributed by atoms with Crippen LogP contribution in [0.5, 0.6) is 0 Å². The van der Waals surface area contributed by atoms with Crippen LogP contribution in [0.3, 0.4) is 0 Å². The minimum absolute atomic E-state index is 0.00895. The number of likely N-dealkylation sites (N-methyl/N-ethyl adjacent to an activating group) is 1. The summed E-state index contributed by atoms with van der Waals surface area (Å²) in [5.41, 5.74) is -0.639. The lowest BCUT2D eigenvalue weighted by Crippen LogP contribution is -2.65. The summed E-state index contributed by atoms with van der Waals surface area (Å²) < 4.78 is 6.29. The molecule has 4 atom stereocenters. The highest BCUT2D eigenvalue weighted by Crippen LogP contribution is 2.54. The number of rotatable bonds is 9. The van der Waals surface area contributed by atoms with Gasteiger partial charge in [-0.15, -0.1) is 0 Å². The summed E-state index contributed by atoms with van der Waals surface area (Å²) in [6, 6.07) is -0.896. The second-order valence-corrected chi connectivity index (χ2v) is 15.2. The Morgan fingerprint density at radius 3 is 2.29 bits per heavy atom. The Kier molecular flexibility index (Phi) is 9.15. The molecule has 0 unspecified atom stereocenters. The summed E-state index contributed by atoms with van der Waals surface area (Å²) in [6.07, 6.45) is 6.15. The molecule has 10 nitrogen and oxygen atoms in total. The topological polar surface area (TPSA) is 121 Å². The summed E-state index contributed by atoms with van der Waals surface area (Å²) in [4.78, 5) is 61.1. The number of ether oxygens (including phenoxy) is 1. The highest BCUT2D eigenvalue weighted by Gasteiger charge is 2.62. The Balaban J connectivity index is 1.31. The van der Waals surface area contributed by atoms with Crippen LogP contribution in [0, 0.1) is 28.6 Å². The Morgan fingerprint density at radius 1 is 1.07 bits per heavy atom. The molecule has 1 aromatic heterocycles. The third-order valence-corrected chi connectivity index (χ3v) is 11.3. The second-order valence-electron chi connectivity index (χ2n) is 13.3. The molecular formula is C29H41Cl2N5O5S. The first-order valence-corrected chi connectivity index (χ1v) is 16.5. The molecule has 0 aromatic carbocycles. The van der Waals surface area contributed by atoms with Crippen molar-refractivity contribution >= 4 is 58.2 Å². The lowest BCUT2D eigenvalue weighted by Gasteiger charge is -2.50. The van der Waals surface area contributed by atoms with Gasteiger partial charge in [0.1, 0.15) is 10.9 Å². The lowest BCUT2D eigenvalue weighted by molar-refractivity contribution is -0.152. The molecule has 2 N–H and O–H groups in total. The number of aromatic nitrogens is 1. The van der Waals surface area contributed by atoms with Gasteiger partial charge in [-0.05, 0) is 37.5 Å². The number of amides is 4. The predicted molar refractivity (Wildman–Crippen MR) is 160 cm³/mol. The maximum absolute atomic E-state index is 14.0. The molecule has 2 saturated carbocycles. The van der Waals surface area contributed by atoms with Gasteiger partial charge in [0, 0.05) is 51.2 Å². The molecule has 2 aliphatic carbocycles. The van der Waals surface area contributed by atoms with Gasteiger partial charge in [-0.3, -0.25) is 19.2 Å². The minimum Gasteiger partial charge on any atom is -0.376 e. The highest BCUT2D eigenvalue weighted by atomic mass is 35.5. The van der Waals surface area contributed by atoms with Gasteiger partial charge >= 0.3 is 0 Å². The molecule has 1 aromatic rings. The summed E-state index contributed by atoms with van der Waals surface area (Å²) >= 11 is 13.2. The Labute approximate surface area is 261 Å². The van der Waals surface area contributed by atoms with E-state index in [1.165, 1.54) is 26.3 Å². The second kappa shape index (κ2) is 12.2. The van der Waals surface area contributed by atoms with Crippen LogP contribution >= 0.6 is 34.5 Å². The number of nitrogens with zero attached hydrogens (tertiary/aromatic N) is 3. The van der Waals surface area contributed by atoms with Crippen LogP contribution in [0.25, 0.3) is 0 Å². The van der Waals surface area contributed by atoms with E-state index in [-0.39, 0.29) is 62.5 Å². The third-order valence-electron chi connectivity index (χ3n) is 9.76. The van der Waals surface area contributed by atoms with E-state index < -0.39 is 23.5 Å². The van der Waals surface area contributed by atoms with Crippen molar-refractivity contribution in [2.75, 3.05) is 39.8 Å². The van der Waals surface area contributed by atoms with E-state index in [2.05, 4.69) is 29.5 Å². The lowest BCUT2D eigenvalue weighted by atomic mass is 9.70. The molecule has 4 amide bonds. The van der Waals surface area contributed by atoms with E-state index in [1.807, 2.05) is 0 Å². The first kappa shape index (κ1) is 31.5. The number of halogens is 2. The van der Waals surface area contributed by atoms with Crippen molar-refractivity contribution in [3.05, 3.63) is 14.5 Å². The van der Waals surface area contributed by atoms with Crippen molar-refractivity contribution in [3.63, 3.8) is 0 Å². The number of hydrogen-bond acceptors (Lipinski definition) is 7. The maximum atomic E-state index is 14.0. The number of nitrogens with one attached hydrogen (secondary N) is 2. The van der Waals surface area contributed by atoms with Crippen LogP contribution < -0.4 is 10.6 Å². The fourth-order valence-corrected chi connectivity index (χ4v) is 8.22. The van der Waals surface area contributed by atoms with E-state index in [0.29, 0.717) is 25.6 Å². The SMILES string of the molecule is CNC(=O)[C@@H](NC(=O)[C@@H]1CN(C(=O)c2sc(Cl)nc2Cl)CC12CN(C(=O)[C@H]1CC1(C)C)C2)[C@@H](C)OCC1CCCCC1. The van der Waals surface area contributed by atoms with Crippen molar-refractivity contribution in [2.24, 2.45) is 28.6 Å². The first-order chi connectivity index (χ1) is 19.8. The average molecular weight is 643 g/mol. The van der Waals surface area contributed by atoms with Crippen LogP contribution in [0.15, 0.2) is 0 Å². The molecule has 42 heavy (non-hydrogen) atoms. The fourth-order valence-electron chi connectivity index (χ4n) is 6.88. The fraction of sp³-hybridized carbons (Fsp3) is 0.759. The van der Waals surface area contributed by atoms with Crippen LogP contribution in [0.2, 0.25) is 9.62 Å². The normalized spacial score (nSPS) is 26.0. The smallest absolute Gasteiger partial charge is 0.267 e. The minimum atomic E-state index is -0.896. The van der Waals surface area contributed by atoms with Gasteiger partial charge < -0.3 is 25.2 Å². The summed E-state index contributed by atoms with van der Waals surface area (Å²) in [6.45, 7) is 7.67. The van der Waals surface area contributed by atoms with Crippen LogP contribution in [-0.4, -0.2) is 90.4 Å². The van der Waals surface area contributed by atoms with Crippen molar-refractivity contribution in [1.29, 1.82) is 0 Å². The number of likely N-dealkylation sites (tertiary alicyclic amines) is 2. The molecule has 1 spiro atoms. The van der Waals surface area contributed by atoms with Gasteiger partial charge in [0.25, 0.3) is 5.91 Å². The highest BCUT2D eigenvalue weighted by molar-refractivity contribution is 7.18. The number of carbonyl (C=O) groups is 4. The maximum Gasteiger partial charge on any atom is 0.267 e. The summed E-state index contributed by atoms with van der Waals surface area (Å²) in [5, 5.41) is 5.63. The van der Waals surface area contributed by atoms with Gasteiger partial charge in [0.15, 0.2) is 9.62 Å². The van der Waals surface area contributed by atoms with E-state index in [4.69, 9.17) is 27.9 Å².